The third-order valence-electron chi connectivity index (χ3n) is 2.40. The number of carboxylic acids is 1. The second-order valence-corrected chi connectivity index (χ2v) is 4.21. The Balaban J connectivity index is 2.27. The van der Waals surface area contributed by atoms with Gasteiger partial charge in [0.1, 0.15) is 5.01 Å². The molecule has 0 aromatic carbocycles. The first kappa shape index (κ1) is 8.65. The van der Waals surface area contributed by atoms with Crippen LogP contribution in [0, 0.1) is 0 Å². The minimum Gasteiger partial charge on any atom is -0.476 e. The van der Waals surface area contributed by atoms with E-state index in [0.29, 0.717) is 0 Å². The number of hydrogen-bond donors (Lipinski definition) is 2. The molecule has 1 aromatic heterocycles. The fourth-order valence-corrected chi connectivity index (χ4v) is 2.34. The van der Waals surface area contributed by atoms with Crippen molar-refractivity contribution in [1.29, 1.82) is 0 Å². The topological polar surface area (TPSA) is 76.2 Å². The molecular weight excluding hydrogens is 188 g/mol. The monoisotopic (exact) mass is 198 g/mol. The summed E-state index contributed by atoms with van der Waals surface area (Å²) in [5.41, 5.74) is 5.77. The predicted molar refractivity (Wildman–Crippen MR) is 48.8 cm³/mol. The summed E-state index contributed by atoms with van der Waals surface area (Å²) in [7, 11) is 0. The second kappa shape index (κ2) is 2.78. The number of aromatic nitrogens is 1. The van der Waals surface area contributed by atoms with Gasteiger partial charge < -0.3 is 10.8 Å². The van der Waals surface area contributed by atoms with Crippen LogP contribution in [0.25, 0.3) is 0 Å². The third-order valence-corrected chi connectivity index (χ3v) is 3.46. The summed E-state index contributed by atoms with van der Waals surface area (Å²) in [5, 5.41) is 11.0. The molecule has 0 aliphatic heterocycles. The van der Waals surface area contributed by atoms with Crippen molar-refractivity contribution in [3.05, 3.63) is 16.1 Å². The number of nitrogens with two attached hydrogens (primary N) is 1. The minimum absolute atomic E-state index is 0.108. The Kier molecular flexibility index (Phi) is 1.85. The molecule has 0 unspecified atom stereocenters. The van der Waals surface area contributed by atoms with Crippen LogP contribution >= 0.6 is 11.3 Å². The van der Waals surface area contributed by atoms with Gasteiger partial charge in [0, 0.05) is 5.38 Å². The van der Waals surface area contributed by atoms with E-state index in [9.17, 15) is 4.79 Å². The van der Waals surface area contributed by atoms with E-state index in [4.69, 9.17) is 10.8 Å². The zero-order valence-electron chi connectivity index (χ0n) is 6.99. The molecule has 1 aromatic rings. The highest BCUT2D eigenvalue weighted by Crippen LogP contribution is 2.39. The number of nitrogens with zero attached hydrogens (tertiary/aromatic N) is 1. The highest BCUT2D eigenvalue weighted by Gasteiger charge is 2.37. The molecule has 0 bridgehead atoms. The fraction of sp³-hybridized carbons (Fsp3) is 0.500. The molecule has 1 aliphatic rings. The standard InChI is InChI=1S/C8H10N2O2S/c9-8(2-1-3-8)7-10-5(4-13-7)6(11)12/h4H,1-3,9H2,(H,11,12). The zero-order valence-corrected chi connectivity index (χ0v) is 7.80. The molecule has 1 fully saturated rings. The van der Waals surface area contributed by atoms with Gasteiger partial charge in [-0.25, -0.2) is 9.78 Å². The number of thiazole rings is 1. The van der Waals surface area contributed by atoms with E-state index in [0.717, 1.165) is 24.3 Å². The highest BCUT2D eigenvalue weighted by molar-refractivity contribution is 7.10. The third kappa shape index (κ3) is 1.34. The summed E-state index contributed by atoms with van der Waals surface area (Å²) >= 11 is 1.34. The van der Waals surface area contributed by atoms with E-state index in [1.54, 1.807) is 5.38 Å². The normalized spacial score (nSPS) is 19.5. The average Bonchev–Trinajstić information content (AvgIpc) is 2.48. The van der Waals surface area contributed by atoms with Gasteiger partial charge in [-0.1, -0.05) is 0 Å². The Morgan fingerprint density at radius 2 is 2.38 bits per heavy atom. The van der Waals surface area contributed by atoms with Crippen molar-refractivity contribution in [3.8, 4) is 0 Å². The first-order chi connectivity index (χ1) is 6.12. The number of hydrogen-bond acceptors (Lipinski definition) is 4. The molecule has 0 radical (unpaired) electrons. The van der Waals surface area contributed by atoms with Gasteiger partial charge in [0.2, 0.25) is 0 Å². The van der Waals surface area contributed by atoms with Gasteiger partial charge in [0.05, 0.1) is 5.54 Å². The summed E-state index contributed by atoms with van der Waals surface area (Å²) in [6.07, 6.45) is 2.94. The van der Waals surface area contributed by atoms with Gasteiger partial charge in [-0.2, -0.15) is 0 Å². The van der Waals surface area contributed by atoms with Crippen LogP contribution in [0.15, 0.2) is 5.38 Å². The summed E-state index contributed by atoms with van der Waals surface area (Å²) in [4.78, 5) is 14.5. The van der Waals surface area contributed by atoms with E-state index in [-0.39, 0.29) is 11.2 Å². The van der Waals surface area contributed by atoms with Crippen molar-refractivity contribution >= 4 is 17.3 Å². The molecule has 0 amide bonds. The Labute approximate surface area is 79.4 Å². The first-order valence-electron chi connectivity index (χ1n) is 4.10. The lowest BCUT2D eigenvalue weighted by Gasteiger charge is -2.35. The van der Waals surface area contributed by atoms with Crippen LogP contribution in [0.3, 0.4) is 0 Å². The lowest BCUT2D eigenvalue weighted by atomic mass is 9.78. The van der Waals surface area contributed by atoms with E-state index < -0.39 is 5.97 Å². The quantitative estimate of drug-likeness (QED) is 0.748. The van der Waals surface area contributed by atoms with Gasteiger partial charge >= 0.3 is 5.97 Å². The Hall–Kier alpha value is -0.940. The van der Waals surface area contributed by atoms with E-state index in [1.165, 1.54) is 11.3 Å². The van der Waals surface area contributed by atoms with E-state index in [2.05, 4.69) is 4.98 Å². The van der Waals surface area contributed by atoms with Gasteiger partial charge in [-0.05, 0) is 19.3 Å². The van der Waals surface area contributed by atoms with Crippen LogP contribution in [0.1, 0.15) is 34.8 Å². The van der Waals surface area contributed by atoms with Crippen LogP contribution in [-0.4, -0.2) is 16.1 Å². The molecule has 3 N–H and O–H groups in total. The van der Waals surface area contributed by atoms with Crippen molar-refractivity contribution in [1.82, 2.24) is 4.98 Å². The largest absolute Gasteiger partial charge is 0.476 e. The molecule has 13 heavy (non-hydrogen) atoms. The molecule has 1 aliphatic carbocycles. The number of rotatable bonds is 2. The predicted octanol–water partition coefficient (Wildman–Crippen LogP) is 1.18. The average molecular weight is 198 g/mol. The first-order valence-corrected chi connectivity index (χ1v) is 4.98. The molecule has 4 nitrogen and oxygen atoms in total. The molecule has 1 heterocycles. The summed E-state index contributed by atoms with van der Waals surface area (Å²) in [6, 6.07) is 0. The molecule has 5 heteroatoms. The number of carbonyl (C=O) groups is 1. The van der Waals surface area contributed by atoms with Gasteiger partial charge in [-0.3, -0.25) is 0 Å². The summed E-state index contributed by atoms with van der Waals surface area (Å²) in [6.45, 7) is 0. The number of carboxylic acid groups (broad SMARTS) is 1. The van der Waals surface area contributed by atoms with Crippen molar-refractivity contribution < 1.29 is 9.90 Å². The second-order valence-electron chi connectivity index (χ2n) is 3.35. The molecule has 0 atom stereocenters. The van der Waals surface area contributed by atoms with Crippen LogP contribution in [-0.2, 0) is 5.54 Å². The van der Waals surface area contributed by atoms with Crippen LogP contribution in [0.4, 0.5) is 0 Å². The maximum Gasteiger partial charge on any atom is 0.355 e. The van der Waals surface area contributed by atoms with E-state index in [1.807, 2.05) is 0 Å². The van der Waals surface area contributed by atoms with Crippen molar-refractivity contribution in [3.63, 3.8) is 0 Å². The zero-order chi connectivity index (χ0) is 9.47. The van der Waals surface area contributed by atoms with Crippen molar-refractivity contribution in [2.24, 2.45) is 5.73 Å². The van der Waals surface area contributed by atoms with Crippen molar-refractivity contribution in [2.75, 3.05) is 0 Å². The van der Waals surface area contributed by atoms with E-state index >= 15 is 0 Å². The Bertz CT molecular complexity index is 344. The summed E-state index contributed by atoms with van der Waals surface area (Å²) < 4.78 is 0. The molecule has 0 saturated heterocycles. The maximum atomic E-state index is 10.6. The smallest absolute Gasteiger partial charge is 0.355 e. The summed E-state index contributed by atoms with van der Waals surface area (Å²) in [5.74, 6) is -0.981. The fourth-order valence-electron chi connectivity index (χ4n) is 1.37. The lowest BCUT2D eigenvalue weighted by Crippen LogP contribution is -2.43. The number of aromatic carboxylic acids is 1. The Morgan fingerprint density at radius 1 is 1.69 bits per heavy atom. The molecule has 1 saturated carbocycles. The van der Waals surface area contributed by atoms with Crippen molar-refractivity contribution in [2.45, 2.75) is 24.8 Å². The molecule has 0 spiro atoms. The van der Waals surface area contributed by atoms with Gasteiger partial charge in [0.15, 0.2) is 5.69 Å². The molecule has 70 valence electrons. The van der Waals surface area contributed by atoms with Gasteiger partial charge in [0.25, 0.3) is 0 Å². The lowest BCUT2D eigenvalue weighted by molar-refractivity contribution is 0.0690. The minimum atomic E-state index is -0.981. The van der Waals surface area contributed by atoms with Crippen LogP contribution < -0.4 is 5.73 Å². The molecule has 2 rings (SSSR count). The maximum absolute atomic E-state index is 10.6. The van der Waals surface area contributed by atoms with Gasteiger partial charge in [-0.15, -0.1) is 11.3 Å². The van der Waals surface area contributed by atoms with Crippen LogP contribution in [0.5, 0.6) is 0 Å². The van der Waals surface area contributed by atoms with Crippen LogP contribution in [0.2, 0.25) is 0 Å². The highest BCUT2D eigenvalue weighted by atomic mass is 32.1. The Morgan fingerprint density at radius 3 is 2.77 bits per heavy atom. The molecular formula is C8H10N2O2S. The SMILES string of the molecule is NC1(c2nc(C(=O)O)cs2)CCC1.